The second-order valence-corrected chi connectivity index (χ2v) is 15.7. The minimum atomic E-state index is -0.950. The van der Waals surface area contributed by atoms with Crippen molar-refractivity contribution in [3.8, 4) is 16.9 Å². The highest BCUT2D eigenvalue weighted by atomic mass is 35.5. The number of carbonyl (C=O) groups is 1. The van der Waals surface area contributed by atoms with Crippen LogP contribution in [0.5, 0.6) is 5.75 Å². The Kier molecular flexibility index (Phi) is 9.25. The molecule has 0 spiro atoms. The van der Waals surface area contributed by atoms with Crippen molar-refractivity contribution in [3.05, 3.63) is 73.1 Å². The van der Waals surface area contributed by atoms with E-state index in [0.29, 0.717) is 24.5 Å². The largest absolute Gasteiger partial charge is 0.491 e. The first-order valence-corrected chi connectivity index (χ1v) is 19.4. The molecule has 246 valence electrons. The number of carboxylic acids is 1. The summed E-state index contributed by atoms with van der Waals surface area (Å²) in [5, 5.41) is 21.6. The van der Waals surface area contributed by atoms with Crippen molar-refractivity contribution in [1.29, 1.82) is 0 Å². The van der Waals surface area contributed by atoms with Crippen LogP contribution in [-0.2, 0) is 43.7 Å². The third kappa shape index (κ3) is 6.04. The number of aryl methyl sites for hydroxylation is 6. The normalized spacial score (nSPS) is 15.4. The lowest BCUT2D eigenvalue weighted by Gasteiger charge is -2.22. The molecule has 0 fully saturated rings. The highest BCUT2D eigenvalue weighted by Gasteiger charge is 2.28. The molecule has 12 heteroatoms. The molecule has 2 aromatic carbocycles. The van der Waals surface area contributed by atoms with Gasteiger partial charge in [0.05, 0.1) is 39.9 Å². The highest BCUT2D eigenvalue weighted by Crippen LogP contribution is 2.44. The van der Waals surface area contributed by atoms with E-state index in [2.05, 4.69) is 36.0 Å². The van der Waals surface area contributed by atoms with Gasteiger partial charge in [-0.2, -0.15) is 5.10 Å². The number of halogens is 1. The van der Waals surface area contributed by atoms with Gasteiger partial charge in [-0.15, -0.1) is 34.9 Å². The predicted molar refractivity (Wildman–Crippen MR) is 195 cm³/mol. The minimum Gasteiger partial charge on any atom is -0.491 e. The topological polar surface area (TPSA) is 94.2 Å². The van der Waals surface area contributed by atoms with E-state index in [9.17, 15) is 9.90 Å². The van der Waals surface area contributed by atoms with Crippen LogP contribution >= 0.6 is 46.5 Å². The molecule has 0 unspecified atom stereocenters. The van der Waals surface area contributed by atoms with Crippen LogP contribution in [0.2, 0.25) is 5.02 Å². The monoisotopic (exact) mass is 707 g/mol. The Morgan fingerprint density at radius 3 is 2.77 bits per heavy atom. The fraction of sp³-hybridized carbons (Fsp3) is 0.400. The smallest absolute Gasteiger partial charge is 0.352 e. The summed E-state index contributed by atoms with van der Waals surface area (Å²) in [7, 11) is 1.83. The third-order valence-corrected chi connectivity index (χ3v) is 12.9. The van der Waals surface area contributed by atoms with Crippen molar-refractivity contribution in [2.24, 2.45) is 7.05 Å². The molecule has 8 nitrogen and oxygen atoms in total. The number of benzene rings is 2. The van der Waals surface area contributed by atoms with Gasteiger partial charge in [0.2, 0.25) is 0 Å². The van der Waals surface area contributed by atoms with E-state index in [1.807, 2.05) is 54.2 Å². The van der Waals surface area contributed by atoms with Crippen LogP contribution in [0.15, 0.2) is 29.2 Å². The van der Waals surface area contributed by atoms with E-state index in [-0.39, 0.29) is 5.69 Å². The molecule has 0 saturated heterocycles. The molecule has 0 amide bonds. The van der Waals surface area contributed by atoms with Crippen LogP contribution in [0.3, 0.4) is 0 Å². The zero-order valence-electron chi connectivity index (χ0n) is 27.0. The number of aromatic carboxylic acids is 1. The van der Waals surface area contributed by atoms with Gasteiger partial charge in [-0.05, 0) is 75.8 Å². The summed E-state index contributed by atoms with van der Waals surface area (Å²) in [4.78, 5) is 20.2. The van der Waals surface area contributed by atoms with E-state index in [1.165, 1.54) is 15.3 Å². The zero-order valence-corrected chi connectivity index (χ0v) is 30.2. The van der Waals surface area contributed by atoms with E-state index in [4.69, 9.17) is 26.4 Å². The number of nitrogens with one attached hydrogen (secondary N) is 1. The van der Waals surface area contributed by atoms with Crippen molar-refractivity contribution >= 4 is 69.0 Å². The lowest BCUT2D eigenvalue weighted by Crippen LogP contribution is -2.14. The molecule has 3 aromatic heterocycles. The first-order valence-electron chi connectivity index (χ1n) is 16.0. The van der Waals surface area contributed by atoms with Gasteiger partial charge >= 0.3 is 5.97 Å². The molecule has 2 N–H and O–H groups in total. The highest BCUT2D eigenvalue weighted by molar-refractivity contribution is 7.98. The summed E-state index contributed by atoms with van der Waals surface area (Å²) >= 11 is 12.5. The van der Waals surface area contributed by atoms with Gasteiger partial charge in [0.15, 0.2) is 0 Å². The molecular weight excluding hydrogens is 670 g/mol. The van der Waals surface area contributed by atoms with Gasteiger partial charge in [-0.1, -0.05) is 17.7 Å². The molecule has 0 saturated carbocycles. The van der Waals surface area contributed by atoms with Gasteiger partial charge in [-0.25, -0.2) is 9.78 Å². The summed E-state index contributed by atoms with van der Waals surface area (Å²) in [6.07, 6.45) is 3.35. The SMILES string of the molecule is CCn1nc(C)c2c1CSCc1nc(C)c(s1)CSc1cc3c(c(c1)OCCCc1c(C(=O)O)n(C)c4c-2c(Cl)ccc14)NCCC3. The maximum Gasteiger partial charge on any atom is 0.352 e. The Labute approximate surface area is 292 Å². The summed E-state index contributed by atoms with van der Waals surface area (Å²) in [6.45, 7) is 8.35. The predicted octanol–water partition coefficient (Wildman–Crippen LogP) is 8.90. The molecular formula is C35H38ClN5O3S3. The lowest BCUT2D eigenvalue weighted by molar-refractivity contribution is 0.0685. The Morgan fingerprint density at radius 1 is 1.11 bits per heavy atom. The number of fused-ring (bicyclic) bond motifs is 8. The summed E-state index contributed by atoms with van der Waals surface area (Å²) in [6, 6.07) is 8.33. The number of aromatic nitrogens is 4. The number of carboxylic acid groups (broad SMARTS) is 1. The Bertz CT molecular complexity index is 2010. The molecule has 2 aliphatic rings. The number of ether oxygens (including phenoxy) is 1. The van der Waals surface area contributed by atoms with Crippen molar-refractivity contribution in [2.45, 2.75) is 75.2 Å². The molecule has 7 rings (SSSR count). The average molecular weight is 708 g/mol. The number of thiazole rings is 1. The van der Waals surface area contributed by atoms with Gasteiger partial charge in [-0.3, -0.25) is 4.68 Å². The summed E-state index contributed by atoms with van der Waals surface area (Å²) < 4.78 is 10.3. The lowest BCUT2D eigenvalue weighted by atomic mass is 9.98. The molecule has 0 atom stereocenters. The maximum atomic E-state index is 12.8. The van der Waals surface area contributed by atoms with Gasteiger partial charge in [0.25, 0.3) is 0 Å². The Balaban J connectivity index is 1.35. The van der Waals surface area contributed by atoms with Gasteiger partial charge < -0.3 is 19.7 Å². The molecule has 0 radical (unpaired) electrons. The second kappa shape index (κ2) is 13.4. The third-order valence-electron chi connectivity index (χ3n) is 9.08. The first-order chi connectivity index (χ1) is 22.7. The van der Waals surface area contributed by atoms with E-state index in [0.717, 1.165) is 104 Å². The molecule has 0 aliphatic carbocycles. The number of anilines is 1. The van der Waals surface area contributed by atoms with Crippen LogP contribution in [0.1, 0.15) is 68.3 Å². The standard InChI is InChI=1S/C35H38ClN5O3S3/c1-5-41-26-16-45-18-29-38-19(2)28(47-29)17-46-22-14-21-8-6-12-37-32(21)27(15-22)44-13-7-9-23-24-10-11-25(36)31(30(26)20(3)39-41)33(24)40(4)34(23)35(42)43/h10-11,14-15,37H,5-9,12-13,16-18H2,1-4H3,(H,42,43). The molecule has 5 aromatic rings. The second-order valence-electron chi connectivity index (χ2n) is 12.1. The summed E-state index contributed by atoms with van der Waals surface area (Å²) in [5.41, 5.74) is 9.18. The van der Waals surface area contributed by atoms with Crippen molar-refractivity contribution < 1.29 is 14.6 Å². The van der Waals surface area contributed by atoms with Crippen LogP contribution in [0.25, 0.3) is 22.0 Å². The quantitative estimate of drug-likeness (QED) is 0.188. The number of nitrogens with zero attached hydrogens (tertiary/aromatic N) is 4. The summed E-state index contributed by atoms with van der Waals surface area (Å²) in [5.74, 6) is 2.30. The zero-order chi connectivity index (χ0) is 32.8. The van der Waals surface area contributed by atoms with Crippen LogP contribution in [-0.4, -0.2) is 43.6 Å². The number of rotatable bonds is 2. The van der Waals surface area contributed by atoms with Gasteiger partial charge in [0, 0.05) is 63.7 Å². The fourth-order valence-corrected chi connectivity index (χ4v) is 10.5. The maximum absolute atomic E-state index is 12.8. The van der Waals surface area contributed by atoms with Crippen LogP contribution in [0.4, 0.5) is 5.69 Å². The molecule has 8 bridgehead atoms. The minimum absolute atomic E-state index is 0.287. The van der Waals surface area contributed by atoms with E-state index < -0.39 is 5.97 Å². The fourth-order valence-electron chi connectivity index (χ4n) is 6.96. The van der Waals surface area contributed by atoms with Crippen molar-refractivity contribution in [2.75, 3.05) is 18.5 Å². The van der Waals surface area contributed by atoms with E-state index in [1.54, 1.807) is 11.3 Å². The number of hydrogen-bond acceptors (Lipinski definition) is 8. The molecule has 5 heterocycles. The Morgan fingerprint density at radius 2 is 1.96 bits per heavy atom. The Hall–Kier alpha value is -3.12. The number of thioether (sulfide) groups is 2. The average Bonchev–Trinajstić information content (AvgIpc) is 3.67. The van der Waals surface area contributed by atoms with Crippen molar-refractivity contribution in [1.82, 2.24) is 19.3 Å². The molecule has 2 aliphatic heterocycles. The van der Waals surface area contributed by atoms with Gasteiger partial charge in [0.1, 0.15) is 16.5 Å². The van der Waals surface area contributed by atoms with Crippen molar-refractivity contribution in [3.63, 3.8) is 0 Å². The van der Waals surface area contributed by atoms with Crippen LogP contribution in [0, 0.1) is 13.8 Å². The van der Waals surface area contributed by atoms with Crippen LogP contribution < -0.4 is 10.1 Å². The number of hydrogen-bond donors (Lipinski definition) is 2. The van der Waals surface area contributed by atoms with E-state index >= 15 is 0 Å². The first kappa shape index (κ1) is 32.4. The molecule has 47 heavy (non-hydrogen) atoms.